The summed E-state index contributed by atoms with van der Waals surface area (Å²) in [5, 5.41) is 0. The third-order valence-electron chi connectivity index (χ3n) is 4.20. The monoisotopic (exact) mass is 268 g/mol. The van der Waals surface area contributed by atoms with Crippen LogP contribution in [0.4, 0.5) is 0 Å². The molecule has 0 aromatic carbocycles. The van der Waals surface area contributed by atoms with Gasteiger partial charge in [0, 0.05) is 0 Å². The molecule has 0 aliphatic heterocycles. The Bertz CT molecular complexity index is 231. The quantitative estimate of drug-likeness (QED) is 0.506. The Hall–Kier alpha value is -0.0400. The van der Waals surface area contributed by atoms with Crippen LogP contribution in [0.1, 0.15) is 98.8 Å². The summed E-state index contributed by atoms with van der Waals surface area (Å²) in [6.07, 6.45) is 13.5. The smallest absolute Gasteiger partial charge is 0.0689 e. The van der Waals surface area contributed by atoms with Gasteiger partial charge in [-0.1, -0.05) is 58.8 Å². The highest BCUT2D eigenvalue weighted by Gasteiger charge is 2.35. The molecular weight excluding hydrogens is 232 g/mol. The van der Waals surface area contributed by atoms with Crippen LogP contribution in [0.5, 0.6) is 0 Å². The van der Waals surface area contributed by atoms with Crippen LogP contribution in [0.3, 0.4) is 0 Å². The first-order valence-corrected chi connectivity index (χ1v) is 8.53. The van der Waals surface area contributed by atoms with Crippen LogP contribution in [-0.2, 0) is 4.74 Å². The highest BCUT2D eigenvalue weighted by molar-refractivity contribution is 4.87. The van der Waals surface area contributed by atoms with E-state index in [9.17, 15) is 0 Å². The Balaban J connectivity index is 2.37. The van der Waals surface area contributed by atoms with Crippen molar-refractivity contribution >= 4 is 0 Å². The van der Waals surface area contributed by atoms with Gasteiger partial charge < -0.3 is 4.74 Å². The highest BCUT2D eigenvalue weighted by Crippen LogP contribution is 2.39. The highest BCUT2D eigenvalue weighted by atomic mass is 16.5. The van der Waals surface area contributed by atoms with Crippen molar-refractivity contribution in [3.8, 4) is 0 Å². The Kier molecular flexibility index (Phi) is 6.86. The zero-order chi connectivity index (χ0) is 14.4. The van der Waals surface area contributed by atoms with Crippen LogP contribution in [0, 0.1) is 5.92 Å². The zero-order valence-corrected chi connectivity index (χ0v) is 14.1. The molecule has 1 rings (SSSR count). The van der Waals surface area contributed by atoms with Gasteiger partial charge in [0.2, 0.25) is 0 Å². The lowest BCUT2D eigenvalue weighted by atomic mass is 9.80. The lowest BCUT2D eigenvalue weighted by Gasteiger charge is -2.42. The molecule has 0 radical (unpaired) electrons. The van der Waals surface area contributed by atoms with Crippen molar-refractivity contribution in [2.75, 3.05) is 0 Å². The molecule has 0 saturated heterocycles. The summed E-state index contributed by atoms with van der Waals surface area (Å²) in [5.74, 6) is 0.856. The van der Waals surface area contributed by atoms with Crippen LogP contribution >= 0.6 is 0 Å². The summed E-state index contributed by atoms with van der Waals surface area (Å²) >= 11 is 0. The summed E-state index contributed by atoms with van der Waals surface area (Å²) in [4.78, 5) is 0. The number of rotatable bonds is 7. The minimum absolute atomic E-state index is 0.00920. The van der Waals surface area contributed by atoms with E-state index in [1.807, 2.05) is 0 Å². The number of hydrogen-bond donors (Lipinski definition) is 0. The maximum absolute atomic E-state index is 6.49. The molecule has 0 amide bonds. The molecule has 1 aliphatic rings. The van der Waals surface area contributed by atoms with Gasteiger partial charge in [-0.2, -0.15) is 0 Å². The van der Waals surface area contributed by atoms with Crippen molar-refractivity contribution in [1.82, 2.24) is 0 Å². The normalized spacial score (nSPS) is 19.9. The predicted molar refractivity (Wildman–Crippen MR) is 84.6 cm³/mol. The van der Waals surface area contributed by atoms with Gasteiger partial charge in [0.15, 0.2) is 0 Å². The van der Waals surface area contributed by atoms with Crippen molar-refractivity contribution in [3.63, 3.8) is 0 Å². The van der Waals surface area contributed by atoms with Gasteiger partial charge in [-0.3, -0.25) is 0 Å². The van der Waals surface area contributed by atoms with Gasteiger partial charge in [0.25, 0.3) is 0 Å². The first-order valence-electron chi connectivity index (χ1n) is 8.53. The summed E-state index contributed by atoms with van der Waals surface area (Å²) in [5.41, 5.74) is 0.212. The van der Waals surface area contributed by atoms with E-state index in [1.165, 1.54) is 64.2 Å². The van der Waals surface area contributed by atoms with E-state index in [0.29, 0.717) is 0 Å². The van der Waals surface area contributed by atoms with Gasteiger partial charge >= 0.3 is 0 Å². The van der Waals surface area contributed by atoms with E-state index in [1.54, 1.807) is 0 Å². The molecule has 0 aromatic heterocycles. The second-order valence-corrected chi connectivity index (χ2v) is 7.95. The second-order valence-electron chi connectivity index (χ2n) is 7.95. The summed E-state index contributed by atoms with van der Waals surface area (Å²) < 4.78 is 6.49. The largest absolute Gasteiger partial charge is 0.369 e. The van der Waals surface area contributed by atoms with Gasteiger partial charge in [-0.25, -0.2) is 0 Å². The molecule has 0 bridgehead atoms. The van der Waals surface area contributed by atoms with Crippen molar-refractivity contribution in [1.29, 1.82) is 0 Å². The predicted octanol–water partition coefficient (Wildman–Crippen LogP) is 6.11. The molecule has 0 unspecified atom stereocenters. The van der Waals surface area contributed by atoms with Gasteiger partial charge in [0.05, 0.1) is 11.2 Å². The van der Waals surface area contributed by atoms with Crippen LogP contribution < -0.4 is 0 Å². The molecule has 0 N–H and O–H groups in total. The maximum Gasteiger partial charge on any atom is 0.0689 e. The molecule has 1 aliphatic carbocycles. The SMILES string of the molecule is CC(C)CCCCCC1(OC(C)(C)C)CCCCC1. The average Bonchev–Trinajstić information content (AvgIpc) is 2.27. The van der Waals surface area contributed by atoms with E-state index < -0.39 is 0 Å². The van der Waals surface area contributed by atoms with Gasteiger partial charge in [-0.15, -0.1) is 0 Å². The third kappa shape index (κ3) is 7.34. The van der Waals surface area contributed by atoms with Crippen molar-refractivity contribution < 1.29 is 4.74 Å². The van der Waals surface area contributed by atoms with E-state index >= 15 is 0 Å². The average molecular weight is 268 g/mol. The summed E-state index contributed by atoms with van der Waals surface area (Å²) in [6.45, 7) is 11.3. The molecular formula is C18H36O. The standard InChI is InChI=1S/C18H36O/c1-16(2)12-8-6-9-13-18(19-17(3,4)5)14-10-7-11-15-18/h16H,6-15H2,1-5H3. The van der Waals surface area contributed by atoms with E-state index in [2.05, 4.69) is 34.6 Å². The molecule has 114 valence electrons. The third-order valence-corrected chi connectivity index (χ3v) is 4.20. The minimum atomic E-state index is 0.00920. The fourth-order valence-electron chi connectivity index (χ4n) is 3.43. The molecule has 19 heavy (non-hydrogen) atoms. The molecule has 0 spiro atoms. The van der Waals surface area contributed by atoms with Crippen molar-refractivity contribution in [2.45, 2.75) is 110 Å². The van der Waals surface area contributed by atoms with E-state index in [0.717, 1.165) is 5.92 Å². The first kappa shape index (κ1) is 17.0. The van der Waals surface area contributed by atoms with Crippen molar-refractivity contribution in [2.24, 2.45) is 5.92 Å². The lowest BCUT2D eigenvalue weighted by Crippen LogP contribution is -2.41. The first-order chi connectivity index (χ1) is 8.83. The molecule has 0 aromatic rings. The van der Waals surface area contributed by atoms with Crippen LogP contribution in [0.15, 0.2) is 0 Å². The number of hydrogen-bond acceptors (Lipinski definition) is 1. The molecule has 0 atom stereocenters. The van der Waals surface area contributed by atoms with Gasteiger partial charge in [0.1, 0.15) is 0 Å². The fraction of sp³-hybridized carbons (Fsp3) is 1.00. The van der Waals surface area contributed by atoms with E-state index in [-0.39, 0.29) is 11.2 Å². The second kappa shape index (κ2) is 7.67. The Morgan fingerprint density at radius 1 is 0.947 bits per heavy atom. The number of unbranched alkanes of at least 4 members (excludes halogenated alkanes) is 2. The van der Waals surface area contributed by atoms with E-state index in [4.69, 9.17) is 4.74 Å². The van der Waals surface area contributed by atoms with Gasteiger partial charge in [-0.05, 0) is 46.0 Å². The fourth-order valence-corrected chi connectivity index (χ4v) is 3.43. The summed E-state index contributed by atoms with van der Waals surface area (Å²) in [7, 11) is 0. The molecule has 0 heterocycles. The maximum atomic E-state index is 6.49. The van der Waals surface area contributed by atoms with Crippen LogP contribution in [0.25, 0.3) is 0 Å². The Morgan fingerprint density at radius 3 is 2.11 bits per heavy atom. The zero-order valence-electron chi connectivity index (χ0n) is 14.1. The lowest BCUT2D eigenvalue weighted by molar-refractivity contribution is -0.153. The topological polar surface area (TPSA) is 9.23 Å². The number of ether oxygens (including phenoxy) is 1. The molecule has 1 saturated carbocycles. The van der Waals surface area contributed by atoms with Crippen LogP contribution in [0.2, 0.25) is 0 Å². The molecule has 1 fully saturated rings. The Morgan fingerprint density at radius 2 is 1.58 bits per heavy atom. The minimum Gasteiger partial charge on any atom is -0.369 e. The van der Waals surface area contributed by atoms with Crippen LogP contribution in [-0.4, -0.2) is 11.2 Å². The van der Waals surface area contributed by atoms with Crippen molar-refractivity contribution in [3.05, 3.63) is 0 Å². The summed E-state index contributed by atoms with van der Waals surface area (Å²) in [6, 6.07) is 0. The molecule has 1 heteroatoms. The Labute approximate surface area is 121 Å². The molecule has 1 nitrogen and oxygen atoms in total.